The van der Waals surface area contributed by atoms with Gasteiger partial charge in [-0.25, -0.2) is 0 Å². The summed E-state index contributed by atoms with van der Waals surface area (Å²) < 4.78 is 1.03. The first-order valence-electron chi connectivity index (χ1n) is 6.13. The monoisotopic (exact) mass is 314 g/mol. The van der Waals surface area contributed by atoms with Gasteiger partial charge in [-0.2, -0.15) is 0 Å². The second-order valence-electron chi connectivity index (χ2n) is 4.73. The van der Waals surface area contributed by atoms with E-state index in [0.29, 0.717) is 5.92 Å². The van der Waals surface area contributed by atoms with E-state index in [1.165, 1.54) is 19.3 Å². The van der Waals surface area contributed by atoms with Crippen molar-refractivity contribution in [1.82, 2.24) is 0 Å². The van der Waals surface area contributed by atoms with E-state index in [1.54, 1.807) is 0 Å². The number of hydrogen-bond donors (Lipinski definition) is 0. The SMILES string of the molecule is O=C(Cl)C(c1ccc(Br)cc1)C1CCCCC1. The van der Waals surface area contributed by atoms with Crippen LogP contribution in [0, 0.1) is 5.92 Å². The highest BCUT2D eigenvalue weighted by Crippen LogP contribution is 2.37. The van der Waals surface area contributed by atoms with Gasteiger partial charge in [0.25, 0.3) is 0 Å². The van der Waals surface area contributed by atoms with E-state index in [4.69, 9.17) is 11.6 Å². The molecule has 1 aromatic carbocycles. The Labute approximate surface area is 116 Å². The minimum Gasteiger partial charge on any atom is -0.281 e. The smallest absolute Gasteiger partial charge is 0.229 e. The first kappa shape index (κ1) is 13.1. The zero-order valence-electron chi connectivity index (χ0n) is 9.66. The molecule has 92 valence electrons. The Morgan fingerprint density at radius 1 is 1.18 bits per heavy atom. The van der Waals surface area contributed by atoms with Gasteiger partial charge in [-0.1, -0.05) is 47.3 Å². The molecular weight excluding hydrogens is 300 g/mol. The lowest BCUT2D eigenvalue weighted by Gasteiger charge is -2.28. The Morgan fingerprint density at radius 2 is 1.76 bits per heavy atom. The van der Waals surface area contributed by atoms with Crippen molar-refractivity contribution in [2.24, 2.45) is 5.92 Å². The third-order valence-corrected chi connectivity index (χ3v) is 4.36. The van der Waals surface area contributed by atoms with Gasteiger partial charge in [0.15, 0.2) is 0 Å². The lowest BCUT2D eigenvalue weighted by molar-refractivity contribution is -0.114. The van der Waals surface area contributed by atoms with Gasteiger partial charge in [0.05, 0.1) is 5.92 Å². The Morgan fingerprint density at radius 3 is 2.29 bits per heavy atom. The molecule has 1 atom stereocenters. The van der Waals surface area contributed by atoms with Crippen molar-refractivity contribution in [2.45, 2.75) is 38.0 Å². The first-order chi connectivity index (χ1) is 8.18. The summed E-state index contributed by atoms with van der Waals surface area (Å²) in [6.45, 7) is 0. The van der Waals surface area contributed by atoms with E-state index in [0.717, 1.165) is 22.9 Å². The molecule has 1 nitrogen and oxygen atoms in total. The molecule has 1 aromatic rings. The van der Waals surface area contributed by atoms with Crippen LogP contribution in [-0.4, -0.2) is 5.24 Å². The van der Waals surface area contributed by atoms with Crippen LogP contribution in [0.4, 0.5) is 0 Å². The van der Waals surface area contributed by atoms with Gasteiger partial charge in [-0.05, 0) is 48.1 Å². The Balaban J connectivity index is 2.21. The van der Waals surface area contributed by atoms with Crippen molar-refractivity contribution in [1.29, 1.82) is 0 Å². The van der Waals surface area contributed by atoms with Gasteiger partial charge in [0, 0.05) is 4.47 Å². The van der Waals surface area contributed by atoms with Gasteiger partial charge in [-0.3, -0.25) is 4.79 Å². The van der Waals surface area contributed by atoms with Crippen LogP contribution in [0.2, 0.25) is 0 Å². The van der Waals surface area contributed by atoms with Gasteiger partial charge in [0.2, 0.25) is 5.24 Å². The maximum atomic E-state index is 11.7. The lowest BCUT2D eigenvalue weighted by atomic mass is 9.77. The van der Waals surface area contributed by atoms with E-state index in [2.05, 4.69) is 15.9 Å². The molecule has 17 heavy (non-hydrogen) atoms. The Hall–Kier alpha value is -0.340. The van der Waals surface area contributed by atoms with E-state index >= 15 is 0 Å². The molecule has 0 amide bonds. The van der Waals surface area contributed by atoms with E-state index in [-0.39, 0.29) is 11.2 Å². The average molecular weight is 316 g/mol. The number of hydrogen-bond acceptors (Lipinski definition) is 1. The summed E-state index contributed by atoms with van der Waals surface area (Å²) in [5.74, 6) is 0.306. The molecule has 0 radical (unpaired) electrons. The minimum absolute atomic E-state index is 0.120. The van der Waals surface area contributed by atoms with Crippen molar-refractivity contribution in [2.75, 3.05) is 0 Å². The molecule has 0 heterocycles. The summed E-state index contributed by atoms with van der Waals surface area (Å²) in [7, 11) is 0. The maximum absolute atomic E-state index is 11.7. The molecule has 0 spiro atoms. The molecule has 1 saturated carbocycles. The van der Waals surface area contributed by atoms with E-state index in [1.807, 2.05) is 24.3 Å². The number of carbonyl (C=O) groups excluding carboxylic acids is 1. The summed E-state index contributed by atoms with van der Waals surface area (Å²) in [4.78, 5) is 11.7. The van der Waals surface area contributed by atoms with E-state index in [9.17, 15) is 4.79 Å². The normalized spacial score (nSPS) is 18.9. The standard InChI is InChI=1S/C14H16BrClO/c15-12-8-6-11(7-9-12)13(14(16)17)10-4-2-1-3-5-10/h6-10,13H,1-5H2. The van der Waals surface area contributed by atoms with Crippen molar-refractivity contribution in [3.63, 3.8) is 0 Å². The number of benzene rings is 1. The number of rotatable bonds is 3. The predicted molar refractivity (Wildman–Crippen MR) is 74.3 cm³/mol. The maximum Gasteiger partial charge on any atom is 0.229 e. The average Bonchev–Trinajstić information content (AvgIpc) is 2.33. The minimum atomic E-state index is -0.209. The van der Waals surface area contributed by atoms with E-state index < -0.39 is 0 Å². The van der Waals surface area contributed by atoms with Crippen LogP contribution in [0.3, 0.4) is 0 Å². The summed E-state index contributed by atoms with van der Waals surface area (Å²) in [5, 5.41) is -0.209. The summed E-state index contributed by atoms with van der Waals surface area (Å²) in [5.41, 5.74) is 1.06. The molecule has 2 rings (SSSR count). The Bertz CT molecular complexity index is 382. The van der Waals surface area contributed by atoms with Gasteiger partial charge in [-0.15, -0.1) is 0 Å². The third-order valence-electron chi connectivity index (χ3n) is 3.59. The highest BCUT2D eigenvalue weighted by molar-refractivity contribution is 9.10. The fraction of sp³-hybridized carbons (Fsp3) is 0.500. The second-order valence-corrected chi connectivity index (χ2v) is 6.02. The van der Waals surface area contributed by atoms with Gasteiger partial charge in [0.1, 0.15) is 0 Å². The van der Waals surface area contributed by atoms with Gasteiger partial charge >= 0.3 is 0 Å². The number of halogens is 2. The fourth-order valence-corrected chi connectivity index (χ4v) is 3.29. The van der Waals surface area contributed by atoms with Crippen molar-refractivity contribution in [3.05, 3.63) is 34.3 Å². The third kappa shape index (κ3) is 3.32. The molecule has 0 aromatic heterocycles. The molecular formula is C14H16BrClO. The second kappa shape index (κ2) is 6.01. The van der Waals surface area contributed by atoms with Crippen molar-refractivity contribution in [3.8, 4) is 0 Å². The largest absolute Gasteiger partial charge is 0.281 e. The lowest BCUT2D eigenvalue weighted by Crippen LogP contribution is -2.21. The zero-order valence-corrected chi connectivity index (χ0v) is 12.0. The topological polar surface area (TPSA) is 17.1 Å². The molecule has 1 aliphatic carbocycles. The molecule has 0 saturated heterocycles. The summed E-state index contributed by atoms with van der Waals surface area (Å²) in [6.07, 6.45) is 5.99. The zero-order chi connectivity index (χ0) is 12.3. The quantitative estimate of drug-likeness (QED) is 0.727. The first-order valence-corrected chi connectivity index (χ1v) is 7.30. The van der Waals surface area contributed by atoms with Crippen LogP contribution in [0.25, 0.3) is 0 Å². The molecule has 3 heteroatoms. The van der Waals surface area contributed by atoms with Gasteiger partial charge < -0.3 is 0 Å². The van der Waals surface area contributed by atoms with Crippen LogP contribution in [0.15, 0.2) is 28.7 Å². The van der Waals surface area contributed by atoms with Crippen LogP contribution in [0.1, 0.15) is 43.6 Å². The summed E-state index contributed by atoms with van der Waals surface area (Å²) >= 11 is 9.21. The van der Waals surface area contributed by atoms with Crippen LogP contribution < -0.4 is 0 Å². The molecule has 1 fully saturated rings. The van der Waals surface area contributed by atoms with Crippen molar-refractivity contribution >= 4 is 32.8 Å². The van der Waals surface area contributed by atoms with Crippen molar-refractivity contribution < 1.29 is 4.79 Å². The molecule has 0 bridgehead atoms. The predicted octanol–water partition coefficient (Wildman–Crippen LogP) is 4.88. The summed E-state index contributed by atoms with van der Waals surface area (Å²) in [6, 6.07) is 7.96. The highest BCUT2D eigenvalue weighted by atomic mass is 79.9. The van der Waals surface area contributed by atoms with Crippen LogP contribution in [0.5, 0.6) is 0 Å². The molecule has 0 aliphatic heterocycles. The van der Waals surface area contributed by atoms with Crippen LogP contribution in [-0.2, 0) is 4.79 Å². The molecule has 1 aliphatic rings. The Kier molecular flexibility index (Phi) is 4.63. The molecule has 0 N–H and O–H groups in total. The van der Waals surface area contributed by atoms with Crippen LogP contribution >= 0.6 is 27.5 Å². The highest BCUT2D eigenvalue weighted by Gasteiger charge is 2.29. The fourth-order valence-electron chi connectivity index (χ4n) is 2.73. The number of carbonyl (C=O) groups is 1. The molecule has 1 unspecified atom stereocenters.